The molecule has 1 saturated heterocycles. The quantitative estimate of drug-likeness (QED) is 0.851. The Bertz CT molecular complexity index is 832. The van der Waals surface area contributed by atoms with Gasteiger partial charge in [-0.05, 0) is 44.7 Å². The first-order valence-electron chi connectivity index (χ1n) is 10.2. The molecular weight excluding hydrogens is 340 g/mol. The summed E-state index contributed by atoms with van der Waals surface area (Å²) in [4.78, 5) is 31.3. The number of para-hydroxylation sites is 2. The van der Waals surface area contributed by atoms with Gasteiger partial charge in [0.2, 0.25) is 11.8 Å². The van der Waals surface area contributed by atoms with Crippen molar-refractivity contribution in [2.24, 2.45) is 11.8 Å². The fourth-order valence-corrected chi connectivity index (χ4v) is 4.06. The zero-order chi connectivity index (χ0) is 18.8. The molecule has 1 saturated carbocycles. The van der Waals surface area contributed by atoms with Gasteiger partial charge < -0.3 is 14.8 Å². The number of hydrogen-bond donors (Lipinski definition) is 1. The van der Waals surface area contributed by atoms with Gasteiger partial charge in [0.25, 0.3) is 0 Å². The van der Waals surface area contributed by atoms with Gasteiger partial charge in [0.05, 0.1) is 11.0 Å². The standard InChI is InChI=1S/C21H28N4O2/c1-2-25-18-6-4-3-5-17(18)23-19(25)9-12-22-20(26)15-10-13-24(14-11-15)21(27)16-7-8-16/h3-6,15-16H,2,7-14H2,1H3,(H,22,26). The van der Waals surface area contributed by atoms with Crippen molar-refractivity contribution >= 4 is 22.8 Å². The van der Waals surface area contributed by atoms with Crippen molar-refractivity contribution in [2.45, 2.75) is 45.6 Å². The van der Waals surface area contributed by atoms with Crippen LogP contribution in [0.3, 0.4) is 0 Å². The summed E-state index contributed by atoms with van der Waals surface area (Å²) in [5.74, 6) is 1.73. The lowest BCUT2D eigenvalue weighted by molar-refractivity contribution is -0.136. The molecule has 144 valence electrons. The Hall–Kier alpha value is -2.37. The maximum absolute atomic E-state index is 12.5. The number of aromatic nitrogens is 2. The topological polar surface area (TPSA) is 67.2 Å². The van der Waals surface area contributed by atoms with E-state index in [-0.39, 0.29) is 17.7 Å². The van der Waals surface area contributed by atoms with E-state index in [0.717, 1.165) is 68.6 Å². The van der Waals surface area contributed by atoms with E-state index in [0.29, 0.717) is 12.5 Å². The molecule has 0 bridgehead atoms. The Morgan fingerprint density at radius 2 is 1.85 bits per heavy atom. The molecule has 0 unspecified atom stereocenters. The van der Waals surface area contributed by atoms with Gasteiger partial charge in [-0.2, -0.15) is 0 Å². The first-order chi connectivity index (χ1) is 13.2. The second-order valence-corrected chi connectivity index (χ2v) is 7.68. The Kier molecular flexibility index (Phi) is 5.14. The number of likely N-dealkylation sites (tertiary alicyclic amines) is 1. The third kappa shape index (κ3) is 3.84. The molecular formula is C21H28N4O2. The minimum Gasteiger partial charge on any atom is -0.355 e. The summed E-state index contributed by atoms with van der Waals surface area (Å²) < 4.78 is 2.21. The van der Waals surface area contributed by atoms with Gasteiger partial charge in [0.1, 0.15) is 5.82 Å². The molecule has 1 aliphatic heterocycles. The highest BCUT2D eigenvalue weighted by molar-refractivity contribution is 5.82. The van der Waals surface area contributed by atoms with Gasteiger partial charge in [-0.15, -0.1) is 0 Å². The zero-order valence-corrected chi connectivity index (χ0v) is 16.0. The van der Waals surface area contributed by atoms with Crippen molar-refractivity contribution in [1.29, 1.82) is 0 Å². The van der Waals surface area contributed by atoms with E-state index in [4.69, 9.17) is 4.98 Å². The summed E-state index contributed by atoms with van der Waals surface area (Å²) in [5, 5.41) is 3.08. The highest BCUT2D eigenvalue weighted by Gasteiger charge is 2.35. The van der Waals surface area contributed by atoms with Gasteiger partial charge in [0, 0.05) is 44.4 Å². The second-order valence-electron chi connectivity index (χ2n) is 7.68. The van der Waals surface area contributed by atoms with Crippen LogP contribution in [0.4, 0.5) is 0 Å². The molecule has 2 aromatic rings. The van der Waals surface area contributed by atoms with Crippen molar-refractivity contribution in [3.05, 3.63) is 30.1 Å². The van der Waals surface area contributed by atoms with Crippen LogP contribution in [-0.4, -0.2) is 45.9 Å². The first-order valence-corrected chi connectivity index (χ1v) is 10.2. The van der Waals surface area contributed by atoms with Gasteiger partial charge in [0.15, 0.2) is 0 Å². The van der Waals surface area contributed by atoms with E-state index >= 15 is 0 Å². The second kappa shape index (κ2) is 7.71. The fourth-order valence-electron chi connectivity index (χ4n) is 4.06. The molecule has 1 N–H and O–H groups in total. The van der Waals surface area contributed by atoms with Crippen LogP contribution in [-0.2, 0) is 22.6 Å². The zero-order valence-electron chi connectivity index (χ0n) is 16.0. The molecule has 0 spiro atoms. The SMILES string of the molecule is CCn1c(CCNC(=O)C2CCN(C(=O)C3CC3)CC2)nc2ccccc21. The first kappa shape index (κ1) is 18.0. The van der Waals surface area contributed by atoms with Crippen molar-refractivity contribution < 1.29 is 9.59 Å². The van der Waals surface area contributed by atoms with Crippen molar-refractivity contribution in [3.63, 3.8) is 0 Å². The maximum atomic E-state index is 12.5. The molecule has 1 aromatic heterocycles. The number of piperidine rings is 1. The van der Waals surface area contributed by atoms with Crippen LogP contribution in [0.25, 0.3) is 11.0 Å². The van der Waals surface area contributed by atoms with Gasteiger partial charge >= 0.3 is 0 Å². The predicted octanol–water partition coefficient (Wildman–Crippen LogP) is 2.36. The largest absolute Gasteiger partial charge is 0.355 e. The minimum atomic E-state index is 0.0262. The Balaban J connectivity index is 1.27. The van der Waals surface area contributed by atoms with E-state index in [1.165, 1.54) is 0 Å². The number of nitrogens with one attached hydrogen (secondary N) is 1. The average Bonchev–Trinajstić information content (AvgIpc) is 3.49. The monoisotopic (exact) mass is 368 g/mol. The molecule has 4 rings (SSSR count). The molecule has 6 heteroatoms. The number of nitrogens with zero attached hydrogens (tertiary/aromatic N) is 3. The summed E-state index contributed by atoms with van der Waals surface area (Å²) >= 11 is 0. The number of carbonyl (C=O) groups excluding carboxylic acids is 2. The lowest BCUT2D eigenvalue weighted by atomic mass is 9.95. The summed E-state index contributed by atoms with van der Waals surface area (Å²) in [6.45, 7) is 5.03. The van der Waals surface area contributed by atoms with E-state index in [2.05, 4.69) is 22.9 Å². The minimum absolute atomic E-state index is 0.0262. The third-order valence-corrected chi connectivity index (χ3v) is 5.80. The number of carbonyl (C=O) groups is 2. The summed E-state index contributed by atoms with van der Waals surface area (Å²) in [6, 6.07) is 8.15. The fraction of sp³-hybridized carbons (Fsp3) is 0.571. The van der Waals surface area contributed by atoms with Crippen LogP contribution in [0.5, 0.6) is 0 Å². The highest BCUT2D eigenvalue weighted by atomic mass is 16.2. The molecule has 1 aromatic carbocycles. The molecule has 2 aliphatic rings. The Morgan fingerprint density at radius 1 is 1.11 bits per heavy atom. The van der Waals surface area contributed by atoms with Crippen LogP contribution in [0.15, 0.2) is 24.3 Å². The normalized spacial score (nSPS) is 18.0. The van der Waals surface area contributed by atoms with Crippen LogP contribution in [0.2, 0.25) is 0 Å². The lowest BCUT2D eigenvalue weighted by Crippen LogP contribution is -2.43. The van der Waals surface area contributed by atoms with E-state index < -0.39 is 0 Å². The predicted molar refractivity (Wildman–Crippen MR) is 104 cm³/mol. The lowest BCUT2D eigenvalue weighted by Gasteiger charge is -2.31. The number of amides is 2. The summed E-state index contributed by atoms with van der Waals surface area (Å²) in [6.07, 6.45) is 4.37. The van der Waals surface area contributed by atoms with Gasteiger partial charge in [-0.25, -0.2) is 4.98 Å². The molecule has 2 amide bonds. The Morgan fingerprint density at radius 3 is 2.56 bits per heavy atom. The van der Waals surface area contributed by atoms with Crippen molar-refractivity contribution in [3.8, 4) is 0 Å². The number of hydrogen-bond acceptors (Lipinski definition) is 3. The van der Waals surface area contributed by atoms with Gasteiger partial charge in [-0.3, -0.25) is 9.59 Å². The van der Waals surface area contributed by atoms with Crippen molar-refractivity contribution in [2.75, 3.05) is 19.6 Å². The number of imidazole rings is 1. The van der Waals surface area contributed by atoms with Crippen LogP contribution >= 0.6 is 0 Å². The van der Waals surface area contributed by atoms with E-state index in [9.17, 15) is 9.59 Å². The van der Waals surface area contributed by atoms with Crippen LogP contribution in [0.1, 0.15) is 38.4 Å². The van der Waals surface area contributed by atoms with Crippen LogP contribution in [0, 0.1) is 11.8 Å². The smallest absolute Gasteiger partial charge is 0.225 e. The third-order valence-electron chi connectivity index (χ3n) is 5.80. The molecule has 2 heterocycles. The molecule has 2 fully saturated rings. The molecule has 0 atom stereocenters. The van der Waals surface area contributed by atoms with E-state index in [1.54, 1.807) is 0 Å². The number of fused-ring (bicyclic) bond motifs is 1. The molecule has 1 aliphatic carbocycles. The van der Waals surface area contributed by atoms with Crippen molar-refractivity contribution in [1.82, 2.24) is 19.8 Å². The van der Waals surface area contributed by atoms with Gasteiger partial charge in [-0.1, -0.05) is 12.1 Å². The molecule has 6 nitrogen and oxygen atoms in total. The summed E-state index contributed by atoms with van der Waals surface area (Å²) in [7, 11) is 0. The Labute approximate surface area is 159 Å². The van der Waals surface area contributed by atoms with Crippen LogP contribution < -0.4 is 5.32 Å². The maximum Gasteiger partial charge on any atom is 0.225 e. The number of aryl methyl sites for hydroxylation is 1. The molecule has 27 heavy (non-hydrogen) atoms. The summed E-state index contributed by atoms with van der Waals surface area (Å²) in [5.41, 5.74) is 2.16. The average molecular weight is 368 g/mol. The molecule has 0 radical (unpaired) electrons. The van der Waals surface area contributed by atoms with E-state index in [1.807, 2.05) is 23.1 Å². The number of rotatable bonds is 6. The highest BCUT2D eigenvalue weighted by Crippen LogP contribution is 2.32. The number of benzene rings is 1.